The van der Waals surface area contributed by atoms with Crippen LogP contribution in [0.5, 0.6) is 0 Å². The number of hydrogen-bond donors (Lipinski definition) is 1. The van der Waals surface area contributed by atoms with Crippen molar-refractivity contribution in [3.8, 4) is 0 Å². The molecule has 0 saturated carbocycles. The molecule has 37 heavy (non-hydrogen) atoms. The smallest absolute Gasteiger partial charge is 0.428 e. The number of nitrogen functional groups attached to an aromatic ring is 1. The van der Waals surface area contributed by atoms with Crippen molar-refractivity contribution in [2.45, 2.75) is 77.2 Å². The van der Waals surface area contributed by atoms with E-state index >= 15 is 4.39 Å². The number of carbonyl (C=O) groups is 3. The number of halogens is 4. The van der Waals surface area contributed by atoms with Crippen LogP contribution in [0.3, 0.4) is 0 Å². The molecule has 3 heterocycles. The second kappa shape index (κ2) is 10.3. The largest absolute Gasteiger partial charge is 0.461 e. The molecule has 2 aromatic rings. The van der Waals surface area contributed by atoms with Gasteiger partial charge in [0.15, 0.2) is 24.2 Å². The van der Waals surface area contributed by atoms with Gasteiger partial charge in [0, 0.05) is 20.8 Å². The van der Waals surface area contributed by atoms with Crippen LogP contribution >= 0.6 is 0 Å². The first-order valence-corrected chi connectivity index (χ1v) is 10.7. The van der Waals surface area contributed by atoms with E-state index in [1.807, 2.05) is 0 Å². The number of anilines is 1. The Kier molecular flexibility index (Phi) is 7.75. The fourth-order valence-electron chi connectivity index (χ4n) is 3.97. The second-order valence-electron chi connectivity index (χ2n) is 8.20. The van der Waals surface area contributed by atoms with E-state index in [4.69, 9.17) is 19.9 Å². The number of nitrogens with zero attached hydrogens (tertiary/aromatic N) is 4. The predicted octanol–water partition coefficient (Wildman–Crippen LogP) is 0.788. The molecule has 0 radical (unpaired) electrons. The van der Waals surface area contributed by atoms with E-state index in [0.29, 0.717) is 11.5 Å². The molecular formula is C20H23F4N5O8. The monoisotopic (exact) mass is 537 g/mol. The molecule has 0 spiro atoms. The van der Waals surface area contributed by atoms with Gasteiger partial charge in [-0.1, -0.05) is 0 Å². The first kappa shape index (κ1) is 27.8. The number of rotatable bonds is 7. The first-order valence-electron chi connectivity index (χ1n) is 10.7. The molecule has 2 aromatic heterocycles. The van der Waals surface area contributed by atoms with E-state index in [0.717, 1.165) is 24.6 Å². The number of carbonyl (C=O) groups excluding carboxylic acids is 3. The minimum atomic E-state index is -5.28. The van der Waals surface area contributed by atoms with Crippen molar-refractivity contribution in [2.24, 2.45) is 0 Å². The van der Waals surface area contributed by atoms with Gasteiger partial charge in [-0.05, 0) is 6.92 Å². The fourth-order valence-corrected chi connectivity index (χ4v) is 3.97. The van der Waals surface area contributed by atoms with Gasteiger partial charge >= 0.3 is 29.8 Å². The Morgan fingerprint density at radius 2 is 1.78 bits per heavy atom. The molecule has 3 rings (SSSR count). The number of hydrogen-bond acceptors (Lipinski definition) is 11. The molecule has 1 aliphatic heterocycles. The Morgan fingerprint density at radius 3 is 2.32 bits per heavy atom. The maximum atomic E-state index is 15.4. The standard InChI is InChI=1S/C20H23F4N5O8/c1-7(34-8(2)30)6-28-11-5-26-18(25)27-16(11)29(19(28)33)17-14(35-9(3)31)12(21)13(37-17)15(20(22,23)24)36-10(4)32/h5,7,12-15,17H,6H2,1-4H3,(H2,25,26,27)/t7-,12+,13+,14-,15-,17-/m1/s1. The van der Waals surface area contributed by atoms with Crippen molar-refractivity contribution in [3.05, 3.63) is 16.7 Å². The molecule has 17 heteroatoms. The molecule has 0 aliphatic carbocycles. The number of alkyl halides is 4. The molecular weight excluding hydrogens is 514 g/mol. The van der Waals surface area contributed by atoms with Gasteiger partial charge in [0.25, 0.3) is 0 Å². The van der Waals surface area contributed by atoms with Gasteiger partial charge in [0.2, 0.25) is 12.1 Å². The highest BCUT2D eigenvalue weighted by Gasteiger charge is 2.60. The van der Waals surface area contributed by atoms with Crippen LogP contribution in [-0.2, 0) is 39.9 Å². The van der Waals surface area contributed by atoms with Crippen LogP contribution in [0.15, 0.2) is 11.0 Å². The summed E-state index contributed by atoms with van der Waals surface area (Å²) >= 11 is 0. The molecule has 0 amide bonds. The first-order chi connectivity index (χ1) is 17.1. The van der Waals surface area contributed by atoms with Gasteiger partial charge in [0.05, 0.1) is 12.7 Å². The fraction of sp³-hybridized carbons (Fsp3) is 0.600. The molecule has 6 atom stereocenters. The number of fused-ring (bicyclic) bond motifs is 1. The summed E-state index contributed by atoms with van der Waals surface area (Å²) in [7, 11) is 0. The normalized spacial score (nSPS) is 23.5. The zero-order valence-electron chi connectivity index (χ0n) is 19.9. The van der Waals surface area contributed by atoms with Gasteiger partial charge in [-0.15, -0.1) is 0 Å². The highest BCUT2D eigenvalue weighted by atomic mass is 19.4. The van der Waals surface area contributed by atoms with Crippen molar-refractivity contribution in [1.82, 2.24) is 19.1 Å². The van der Waals surface area contributed by atoms with Crippen molar-refractivity contribution < 1.29 is 50.9 Å². The van der Waals surface area contributed by atoms with Gasteiger partial charge in [0.1, 0.15) is 17.7 Å². The lowest BCUT2D eigenvalue weighted by molar-refractivity contribution is -0.252. The molecule has 0 aromatic carbocycles. The van der Waals surface area contributed by atoms with Gasteiger partial charge in [-0.25, -0.2) is 18.7 Å². The second-order valence-corrected chi connectivity index (χ2v) is 8.20. The Bertz CT molecular complexity index is 1260. The van der Waals surface area contributed by atoms with E-state index in [1.54, 1.807) is 0 Å². The minimum Gasteiger partial charge on any atom is -0.461 e. The summed E-state index contributed by atoms with van der Waals surface area (Å²) < 4.78 is 77.6. The van der Waals surface area contributed by atoms with Crippen LogP contribution in [0.2, 0.25) is 0 Å². The third-order valence-corrected chi connectivity index (χ3v) is 5.21. The topological polar surface area (TPSA) is 167 Å². The average molecular weight is 537 g/mol. The number of esters is 3. The van der Waals surface area contributed by atoms with E-state index in [9.17, 15) is 32.3 Å². The lowest BCUT2D eigenvalue weighted by Gasteiger charge is -2.26. The lowest BCUT2D eigenvalue weighted by Crippen LogP contribution is -2.47. The summed E-state index contributed by atoms with van der Waals surface area (Å²) in [6.07, 6.45) is -17.4. The number of aromatic nitrogens is 4. The summed E-state index contributed by atoms with van der Waals surface area (Å²) in [6.45, 7) is 3.90. The number of nitrogens with two attached hydrogens (primary N) is 1. The van der Waals surface area contributed by atoms with E-state index < -0.39 is 66.6 Å². The van der Waals surface area contributed by atoms with Crippen molar-refractivity contribution >= 4 is 35.0 Å². The van der Waals surface area contributed by atoms with Crippen LogP contribution < -0.4 is 11.4 Å². The maximum Gasteiger partial charge on any atom is 0.428 e. The summed E-state index contributed by atoms with van der Waals surface area (Å²) in [5, 5.41) is 0. The van der Waals surface area contributed by atoms with E-state index in [-0.39, 0.29) is 23.7 Å². The van der Waals surface area contributed by atoms with Crippen LogP contribution in [-0.4, -0.2) is 73.8 Å². The molecule has 1 saturated heterocycles. The van der Waals surface area contributed by atoms with Crippen molar-refractivity contribution in [1.29, 1.82) is 0 Å². The maximum absolute atomic E-state index is 15.4. The highest BCUT2D eigenvalue weighted by molar-refractivity contribution is 5.72. The Morgan fingerprint density at radius 1 is 1.16 bits per heavy atom. The zero-order valence-corrected chi connectivity index (χ0v) is 19.9. The van der Waals surface area contributed by atoms with Crippen LogP contribution in [0.4, 0.5) is 23.5 Å². The Balaban J connectivity index is 2.17. The van der Waals surface area contributed by atoms with Gasteiger partial charge in [-0.3, -0.25) is 19.0 Å². The summed E-state index contributed by atoms with van der Waals surface area (Å²) in [5.41, 5.74) is 4.31. The third kappa shape index (κ3) is 5.81. The Hall–Kier alpha value is -3.76. The van der Waals surface area contributed by atoms with Gasteiger partial charge < -0.3 is 24.7 Å². The molecule has 0 unspecified atom stereocenters. The van der Waals surface area contributed by atoms with Gasteiger partial charge in [-0.2, -0.15) is 18.2 Å². The number of ether oxygens (including phenoxy) is 4. The molecule has 1 aliphatic rings. The highest BCUT2D eigenvalue weighted by Crippen LogP contribution is 2.41. The molecule has 13 nitrogen and oxygen atoms in total. The molecule has 1 fully saturated rings. The van der Waals surface area contributed by atoms with E-state index in [1.165, 1.54) is 6.92 Å². The van der Waals surface area contributed by atoms with Crippen LogP contribution in [0, 0.1) is 0 Å². The SMILES string of the molecule is CC(=O)O[C@@H]1[C@@H](F)[C@@H]([C@@H](OC(C)=O)C(F)(F)F)O[C@H]1n1c(=O)n(C[C@@H](C)OC(C)=O)c2cnc(N)nc21. The van der Waals surface area contributed by atoms with Crippen LogP contribution in [0.1, 0.15) is 33.9 Å². The predicted molar refractivity (Wildman–Crippen MR) is 113 cm³/mol. The van der Waals surface area contributed by atoms with Crippen LogP contribution in [0.25, 0.3) is 11.2 Å². The summed E-state index contributed by atoms with van der Waals surface area (Å²) in [5.74, 6) is -3.47. The quantitative estimate of drug-likeness (QED) is 0.301. The summed E-state index contributed by atoms with van der Waals surface area (Å²) in [6, 6.07) is 0. The molecule has 0 bridgehead atoms. The molecule has 204 valence electrons. The van der Waals surface area contributed by atoms with Crippen molar-refractivity contribution in [3.63, 3.8) is 0 Å². The minimum absolute atomic E-state index is 0.0189. The molecule has 2 N–H and O–H groups in total. The van der Waals surface area contributed by atoms with Crippen molar-refractivity contribution in [2.75, 3.05) is 5.73 Å². The summed E-state index contributed by atoms with van der Waals surface area (Å²) in [4.78, 5) is 55.4. The lowest BCUT2D eigenvalue weighted by atomic mass is 10.1. The average Bonchev–Trinajstić information content (AvgIpc) is 3.18. The van der Waals surface area contributed by atoms with E-state index in [2.05, 4.69) is 14.7 Å². The Labute approximate surface area is 205 Å². The third-order valence-electron chi connectivity index (χ3n) is 5.21. The number of imidazole rings is 1. The zero-order chi connectivity index (χ0) is 27.8.